The smallest absolute Gasteiger partial charge is 0.119 e. The summed E-state index contributed by atoms with van der Waals surface area (Å²) in [5.41, 5.74) is 2.97. The molecule has 1 aliphatic heterocycles. The second-order valence-corrected chi connectivity index (χ2v) is 6.77. The number of benzene rings is 1. The molecule has 18 heavy (non-hydrogen) atoms. The Labute approximate surface area is 113 Å². The molecule has 1 N–H and O–H groups in total. The van der Waals surface area contributed by atoms with E-state index in [2.05, 4.69) is 42.2 Å². The Morgan fingerprint density at radius 2 is 2.33 bits per heavy atom. The molecule has 1 aromatic carbocycles. The zero-order chi connectivity index (χ0) is 12.6. The van der Waals surface area contributed by atoms with Crippen molar-refractivity contribution in [3.63, 3.8) is 0 Å². The molecule has 3 rings (SSSR count). The van der Waals surface area contributed by atoms with Crippen molar-refractivity contribution < 1.29 is 4.74 Å². The van der Waals surface area contributed by atoms with E-state index in [0.29, 0.717) is 10.9 Å². The molecule has 2 aliphatic rings. The number of hydrogen-bond acceptors (Lipinski definition) is 3. The summed E-state index contributed by atoms with van der Waals surface area (Å²) in [4.78, 5) is 0.292. The summed E-state index contributed by atoms with van der Waals surface area (Å²) in [6.45, 7) is 2.27. The van der Waals surface area contributed by atoms with Crippen LogP contribution in [0.3, 0.4) is 0 Å². The average Bonchev–Trinajstić information content (AvgIpc) is 2.81. The Hall–Kier alpha value is -0.670. The van der Waals surface area contributed by atoms with Crippen LogP contribution in [-0.4, -0.2) is 23.8 Å². The number of rotatable bonds is 2. The van der Waals surface area contributed by atoms with Crippen LogP contribution in [0.5, 0.6) is 5.75 Å². The summed E-state index contributed by atoms with van der Waals surface area (Å²) in [7, 11) is 1.75. The molecule has 2 nitrogen and oxygen atoms in total. The molecule has 1 fully saturated rings. The molecule has 1 spiro atoms. The molecule has 1 heterocycles. The normalized spacial score (nSPS) is 30.4. The third kappa shape index (κ3) is 2.14. The first-order valence-corrected chi connectivity index (χ1v) is 7.81. The Balaban J connectivity index is 1.84. The quantitative estimate of drug-likeness (QED) is 0.886. The third-order valence-electron chi connectivity index (χ3n) is 4.21. The Kier molecular flexibility index (Phi) is 3.29. The van der Waals surface area contributed by atoms with Crippen molar-refractivity contribution in [2.75, 3.05) is 12.9 Å². The van der Waals surface area contributed by atoms with Gasteiger partial charge >= 0.3 is 0 Å². The van der Waals surface area contributed by atoms with Crippen molar-refractivity contribution in [1.29, 1.82) is 0 Å². The summed E-state index contributed by atoms with van der Waals surface area (Å²) < 4.78 is 5.35. The number of methoxy groups -OCH3 is 1. The number of thioether (sulfide) groups is 1. The molecule has 0 aromatic heterocycles. The number of aryl methyl sites for hydroxylation is 1. The van der Waals surface area contributed by atoms with Gasteiger partial charge in [0.05, 0.1) is 12.0 Å². The highest BCUT2D eigenvalue weighted by Crippen LogP contribution is 2.42. The molecule has 1 aromatic rings. The molecule has 1 aliphatic carbocycles. The highest BCUT2D eigenvalue weighted by Gasteiger charge is 2.40. The maximum Gasteiger partial charge on any atom is 0.119 e. The molecule has 3 heteroatoms. The van der Waals surface area contributed by atoms with Gasteiger partial charge in [-0.2, -0.15) is 0 Å². The van der Waals surface area contributed by atoms with Gasteiger partial charge in [0.1, 0.15) is 5.75 Å². The molecule has 2 atom stereocenters. The zero-order valence-electron chi connectivity index (χ0n) is 11.2. The minimum absolute atomic E-state index is 0.292. The standard InChI is InChI=1S/C15H21NOS/c1-3-13-10-18-15(16-13)7-6-11-4-5-14(17-2)8-12(11)9-15/h4-5,8,13,16H,3,6-7,9-10H2,1-2H3. The van der Waals surface area contributed by atoms with Gasteiger partial charge < -0.3 is 4.74 Å². The van der Waals surface area contributed by atoms with Gasteiger partial charge in [0.2, 0.25) is 0 Å². The highest BCUT2D eigenvalue weighted by atomic mass is 32.2. The summed E-state index contributed by atoms with van der Waals surface area (Å²) in [5, 5.41) is 3.86. The van der Waals surface area contributed by atoms with E-state index in [1.54, 1.807) is 7.11 Å². The first-order valence-electron chi connectivity index (χ1n) is 6.82. The van der Waals surface area contributed by atoms with Crippen LogP contribution in [-0.2, 0) is 12.8 Å². The minimum atomic E-state index is 0.292. The van der Waals surface area contributed by atoms with E-state index in [1.165, 1.54) is 36.1 Å². The van der Waals surface area contributed by atoms with Crippen LogP contribution in [0, 0.1) is 0 Å². The number of fused-ring (bicyclic) bond motifs is 1. The van der Waals surface area contributed by atoms with E-state index < -0.39 is 0 Å². The molecule has 0 saturated carbocycles. The number of nitrogens with one attached hydrogen (secondary N) is 1. The van der Waals surface area contributed by atoms with Crippen LogP contribution < -0.4 is 10.1 Å². The predicted molar refractivity (Wildman–Crippen MR) is 77.4 cm³/mol. The third-order valence-corrected chi connectivity index (χ3v) is 5.80. The van der Waals surface area contributed by atoms with Crippen molar-refractivity contribution in [2.24, 2.45) is 0 Å². The molecule has 0 bridgehead atoms. The highest BCUT2D eigenvalue weighted by molar-refractivity contribution is 8.00. The lowest BCUT2D eigenvalue weighted by Gasteiger charge is -2.35. The van der Waals surface area contributed by atoms with Gasteiger partial charge in [0.15, 0.2) is 0 Å². The Bertz CT molecular complexity index is 448. The summed E-state index contributed by atoms with van der Waals surface area (Å²) in [6.07, 6.45) is 4.82. The maximum absolute atomic E-state index is 5.35. The SMILES string of the molecule is CCC1CSC2(CCc3ccc(OC)cc3C2)N1. The number of ether oxygens (including phenoxy) is 1. The molecule has 0 radical (unpaired) electrons. The molecule has 98 valence electrons. The van der Waals surface area contributed by atoms with Gasteiger partial charge in [-0.1, -0.05) is 13.0 Å². The molecule has 2 unspecified atom stereocenters. The molecular formula is C15H21NOS. The van der Waals surface area contributed by atoms with Crippen LogP contribution in [0.2, 0.25) is 0 Å². The monoisotopic (exact) mass is 263 g/mol. The van der Waals surface area contributed by atoms with Crippen LogP contribution in [0.15, 0.2) is 18.2 Å². The predicted octanol–water partition coefficient (Wildman–Crippen LogP) is 3.00. The fourth-order valence-corrected chi connectivity index (χ4v) is 4.65. The van der Waals surface area contributed by atoms with Gasteiger partial charge in [-0.05, 0) is 42.5 Å². The van der Waals surface area contributed by atoms with Crippen molar-refractivity contribution in [3.8, 4) is 5.75 Å². The second kappa shape index (κ2) is 4.78. The number of hydrogen-bond donors (Lipinski definition) is 1. The lowest BCUT2D eigenvalue weighted by atomic mass is 9.87. The Morgan fingerprint density at radius 3 is 3.06 bits per heavy atom. The second-order valence-electron chi connectivity index (χ2n) is 5.37. The van der Waals surface area contributed by atoms with Gasteiger partial charge in [-0.15, -0.1) is 11.8 Å². The topological polar surface area (TPSA) is 21.3 Å². The Morgan fingerprint density at radius 1 is 1.44 bits per heavy atom. The largest absolute Gasteiger partial charge is 0.497 e. The van der Waals surface area contributed by atoms with E-state index in [0.717, 1.165) is 12.2 Å². The average molecular weight is 263 g/mol. The van der Waals surface area contributed by atoms with Crippen molar-refractivity contribution in [2.45, 2.75) is 43.5 Å². The van der Waals surface area contributed by atoms with E-state index in [-0.39, 0.29) is 0 Å². The van der Waals surface area contributed by atoms with E-state index in [4.69, 9.17) is 4.74 Å². The summed E-state index contributed by atoms with van der Waals surface area (Å²) >= 11 is 2.12. The first-order chi connectivity index (χ1) is 8.74. The van der Waals surface area contributed by atoms with Gasteiger partial charge in [-0.3, -0.25) is 5.32 Å². The minimum Gasteiger partial charge on any atom is -0.497 e. The van der Waals surface area contributed by atoms with Crippen molar-refractivity contribution >= 4 is 11.8 Å². The van der Waals surface area contributed by atoms with Gasteiger partial charge in [-0.25, -0.2) is 0 Å². The van der Waals surface area contributed by atoms with E-state index in [9.17, 15) is 0 Å². The molecule has 0 amide bonds. The van der Waals surface area contributed by atoms with Crippen LogP contribution in [0.25, 0.3) is 0 Å². The molecule has 1 saturated heterocycles. The van der Waals surface area contributed by atoms with Crippen LogP contribution in [0.1, 0.15) is 30.9 Å². The maximum atomic E-state index is 5.35. The van der Waals surface area contributed by atoms with Crippen LogP contribution in [0.4, 0.5) is 0 Å². The van der Waals surface area contributed by atoms with Gasteiger partial charge in [0, 0.05) is 18.2 Å². The van der Waals surface area contributed by atoms with E-state index in [1.807, 2.05) is 0 Å². The van der Waals surface area contributed by atoms with Gasteiger partial charge in [0.25, 0.3) is 0 Å². The summed E-state index contributed by atoms with van der Waals surface area (Å²) in [5.74, 6) is 2.25. The van der Waals surface area contributed by atoms with Crippen LogP contribution >= 0.6 is 11.8 Å². The van der Waals surface area contributed by atoms with Crippen molar-refractivity contribution in [1.82, 2.24) is 5.32 Å². The fraction of sp³-hybridized carbons (Fsp3) is 0.600. The summed E-state index contributed by atoms with van der Waals surface area (Å²) in [6, 6.07) is 7.23. The fourth-order valence-electron chi connectivity index (χ4n) is 3.05. The lowest BCUT2D eigenvalue weighted by molar-refractivity contribution is 0.387. The lowest BCUT2D eigenvalue weighted by Crippen LogP contribution is -2.45. The first kappa shape index (κ1) is 12.4. The van der Waals surface area contributed by atoms with E-state index >= 15 is 0 Å². The molecular weight excluding hydrogens is 242 g/mol. The zero-order valence-corrected chi connectivity index (χ0v) is 12.0. The van der Waals surface area contributed by atoms with Crippen molar-refractivity contribution in [3.05, 3.63) is 29.3 Å².